The first kappa shape index (κ1) is 19.1. The van der Waals surface area contributed by atoms with E-state index < -0.39 is 0 Å². The van der Waals surface area contributed by atoms with E-state index in [9.17, 15) is 4.79 Å². The van der Waals surface area contributed by atoms with Crippen LogP contribution in [-0.4, -0.2) is 41.0 Å². The van der Waals surface area contributed by atoms with Crippen LogP contribution in [0.1, 0.15) is 13.8 Å². The lowest BCUT2D eigenvalue weighted by Crippen LogP contribution is -2.34. The van der Waals surface area contributed by atoms with Gasteiger partial charge in [-0.15, -0.1) is 0 Å². The molecule has 0 aliphatic carbocycles. The number of anilines is 4. The average molecular weight is 383 g/mol. The molecule has 7 nitrogen and oxygen atoms in total. The number of nitrogens with one attached hydrogen (secondary N) is 3. The van der Waals surface area contributed by atoms with Crippen LogP contribution in [-0.2, 0) is 0 Å². The minimum Gasteiger partial charge on any atom is -0.371 e. The summed E-state index contributed by atoms with van der Waals surface area (Å²) in [7, 11) is 1.72. The fourth-order valence-corrected chi connectivity index (χ4v) is 2.43. The van der Waals surface area contributed by atoms with Gasteiger partial charge in [0.2, 0.25) is 5.95 Å². The van der Waals surface area contributed by atoms with Crippen molar-refractivity contribution < 1.29 is 4.79 Å². The lowest BCUT2D eigenvalue weighted by Gasteiger charge is -2.20. The van der Waals surface area contributed by atoms with E-state index in [1.165, 1.54) is 0 Å². The minimum atomic E-state index is -0.199. The fraction of sp³-hybridized carbons (Fsp3) is 0.312. The molecule has 0 aliphatic heterocycles. The van der Waals surface area contributed by atoms with Crippen molar-refractivity contribution in [1.82, 2.24) is 14.9 Å². The zero-order valence-corrected chi connectivity index (χ0v) is 15.7. The van der Waals surface area contributed by atoms with E-state index in [-0.39, 0.29) is 6.03 Å². The number of aromatic nitrogens is 2. The Kier molecular flexibility index (Phi) is 6.66. The van der Waals surface area contributed by atoms with Crippen molar-refractivity contribution in [3.63, 3.8) is 0 Å². The van der Waals surface area contributed by atoms with Gasteiger partial charge >= 0.3 is 6.03 Å². The summed E-state index contributed by atoms with van der Waals surface area (Å²) in [6.45, 7) is 5.08. The molecule has 0 unspecified atom stereocenters. The molecule has 1 aromatic heterocycles. The van der Waals surface area contributed by atoms with Crippen LogP contribution < -0.4 is 16.0 Å². The van der Waals surface area contributed by atoms with Gasteiger partial charge in [0.05, 0.1) is 16.2 Å². The van der Waals surface area contributed by atoms with Crippen LogP contribution in [0.25, 0.3) is 0 Å². The molecule has 134 valence electrons. The molecule has 0 saturated heterocycles. The predicted octanol–water partition coefficient (Wildman–Crippen LogP) is 4.44. The molecule has 2 amide bonds. The summed E-state index contributed by atoms with van der Waals surface area (Å²) in [6, 6.07) is 4.94. The van der Waals surface area contributed by atoms with Gasteiger partial charge in [0.25, 0.3) is 0 Å². The van der Waals surface area contributed by atoms with E-state index >= 15 is 0 Å². The molecular formula is C16H20Cl2N6O. The Morgan fingerprint density at radius 2 is 1.92 bits per heavy atom. The van der Waals surface area contributed by atoms with Crippen LogP contribution in [0.2, 0.25) is 10.0 Å². The number of amides is 2. The first-order chi connectivity index (χ1) is 12.0. The molecule has 0 radical (unpaired) electrons. The number of hydrogen-bond donors (Lipinski definition) is 3. The molecule has 2 rings (SSSR count). The Morgan fingerprint density at radius 3 is 2.52 bits per heavy atom. The maximum atomic E-state index is 12.2. The highest BCUT2D eigenvalue weighted by molar-refractivity contribution is 6.42. The quantitative estimate of drug-likeness (QED) is 0.687. The van der Waals surface area contributed by atoms with Gasteiger partial charge in [-0.05, 0) is 32.0 Å². The third-order valence-corrected chi connectivity index (χ3v) is 4.23. The number of hydrogen-bond acceptors (Lipinski definition) is 5. The topological polar surface area (TPSA) is 82.2 Å². The third kappa shape index (κ3) is 4.87. The Morgan fingerprint density at radius 1 is 1.20 bits per heavy atom. The largest absolute Gasteiger partial charge is 0.371 e. The molecule has 25 heavy (non-hydrogen) atoms. The number of halogens is 2. The highest BCUT2D eigenvalue weighted by atomic mass is 35.5. The van der Waals surface area contributed by atoms with E-state index in [0.29, 0.717) is 46.3 Å². The van der Waals surface area contributed by atoms with E-state index in [1.54, 1.807) is 36.3 Å². The van der Waals surface area contributed by atoms with E-state index in [0.717, 1.165) is 0 Å². The Balaban J connectivity index is 2.18. The molecule has 0 spiro atoms. The van der Waals surface area contributed by atoms with Crippen LogP contribution in [0.4, 0.5) is 27.9 Å². The molecule has 3 N–H and O–H groups in total. The molecule has 0 fully saturated rings. The van der Waals surface area contributed by atoms with Crippen molar-refractivity contribution in [2.24, 2.45) is 0 Å². The van der Waals surface area contributed by atoms with E-state index in [2.05, 4.69) is 25.9 Å². The van der Waals surface area contributed by atoms with Gasteiger partial charge in [-0.2, -0.15) is 4.98 Å². The van der Waals surface area contributed by atoms with Crippen LogP contribution in [0.3, 0.4) is 0 Å². The van der Waals surface area contributed by atoms with Crippen molar-refractivity contribution in [1.29, 1.82) is 0 Å². The molecule has 0 aliphatic rings. The van der Waals surface area contributed by atoms with Crippen LogP contribution in [0.5, 0.6) is 0 Å². The summed E-state index contributed by atoms with van der Waals surface area (Å²) < 4.78 is 0. The van der Waals surface area contributed by atoms with Gasteiger partial charge in [0, 0.05) is 25.8 Å². The number of rotatable bonds is 6. The maximum absolute atomic E-state index is 12.2. The first-order valence-electron chi connectivity index (χ1n) is 7.81. The molecule has 0 saturated carbocycles. The summed E-state index contributed by atoms with van der Waals surface area (Å²) in [5.74, 6) is 0.863. The second kappa shape index (κ2) is 8.73. The number of urea groups is 1. The third-order valence-electron chi connectivity index (χ3n) is 3.49. The van der Waals surface area contributed by atoms with Gasteiger partial charge in [-0.25, -0.2) is 9.78 Å². The van der Waals surface area contributed by atoms with Gasteiger partial charge in [-0.1, -0.05) is 23.2 Å². The highest BCUT2D eigenvalue weighted by Crippen LogP contribution is 2.27. The van der Waals surface area contributed by atoms with Crippen molar-refractivity contribution >= 4 is 52.4 Å². The fourth-order valence-electron chi connectivity index (χ4n) is 2.13. The molecule has 1 heterocycles. The molecule has 1 aromatic carbocycles. The summed E-state index contributed by atoms with van der Waals surface area (Å²) in [6.07, 6.45) is 1.54. The van der Waals surface area contributed by atoms with Crippen LogP contribution >= 0.6 is 23.2 Å². The van der Waals surface area contributed by atoms with Crippen molar-refractivity contribution in [3.05, 3.63) is 34.4 Å². The standard InChI is InChI=1S/C16H20Cl2N6O/c1-4-24(5-2)16(25)22-13-9-20-15(23-14(13)19-3)21-10-6-7-11(17)12(18)8-10/h6-9H,4-5H2,1-3H3,(H,22,25)(H2,19,20,21,23). The summed E-state index contributed by atoms with van der Waals surface area (Å²) in [5.41, 5.74) is 1.20. The van der Waals surface area contributed by atoms with Crippen molar-refractivity contribution in [3.8, 4) is 0 Å². The SMILES string of the molecule is CCN(CC)C(=O)Nc1cnc(Nc2ccc(Cl)c(Cl)c2)nc1NC. The van der Waals surface area contributed by atoms with Gasteiger partial charge < -0.3 is 20.9 Å². The monoisotopic (exact) mass is 382 g/mol. The number of carbonyl (C=O) groups is 1. The molecule has 2 aromatic rings. The smallest absolute Gasteiger partial charge is 0.321 e. The number of carbonyl (C=O) groups excluding carboxylic acids is 1. The van der Waals surface area contributed by atoms with Gasteiger partial charge in [0.15, 0.2) is 5.82 Å². The summed E-state index contributed by atoms with van der Waals surface area (Å²) >= 11 is 11.9. The molecule has 0 atom stereocenters. The Hall–Kier alpha value is -2.25. The van der Waals surface area contributed by atoms with Crippen molar-refractivity contribution in [2.45, 2.75) is 13.8 Å². The van der Waals surface area contributed by atoms with E-state index in [1.807, 2.05) is 13.8 Å². The minimum absolute atomic E-state index is 0.199. The average Bonchev–Trinajstić information content (AvgIpc) is 2.60. The second-order valence-corrected chi connectivity index (χ2v) is 5.88. The molecular weight excluding hydrogens is 363 g/mol. The van der Waals surface area contributed by atoms with E-state index in [4.69, 9.17) is 23.2 Å². The Bertz CT molecular complexity index is 751. The summed E-state index contributed by atoms with van der Waals surface area (Å²) in [5, 5.41) is 9.70. The zero-order chi connectivity index (χ0) is 18.4. The van der Waals surface area contributed by atoms with Crippen LogP contribution in [0, 0.1) is 0 Å². The zero-order valence-electron chi connectivity index (χ0n) is 14.2. The maximum Gasteiger partial charge on any atom is 0.321 e. The normalized spacial score (nSPS) is 10.3. The highest BCUT2D eigenvalue weighted by Gasteiger charge is 2.13. The number of nitrogens with zero attached hydrogens (tertiary/aromatic N) is 3. The predicted molar refractivity (Wildman–Crippen MR) is 103 cm³/mol. The molecule has 0 bridgehead atoms. The summed E-state index contributed by atoms with van der Waals surface area (Å²) in [4.78, 5) is 22.4. The van der Waals surface area contributed by atoms with Gasteiger partial charge in [0.1, 0.15) is 5.69 Å². The lowest BCUT2D eigenvalue weighted by atomic mass is 10.3. The molecule has 9 heteroatoms. The van der Waals surface area contributed by atoms with Crippen molar-refractivity contribution in [2.75, 3.05) is 36.1 Å². The first-order valence-corrected chi connectivity index (χ1v) is 8.56. The van der Waals surface area contributed by atoms with Crippen LogP contribution in [0.15, 0.2) is 24.4 Å². The second-order valence-electron chi connectivity index (χ2n) is 5.06. The lowest BCUT2D eigenvalue weighted by molar-refractivity contribution is 0.217. The van der Waals surface area contributed by atoms with Gasteiger partial charge in [-0.3, -0.25) is 0 Å². The number of benzene rings is 1. The Labute approximate surface area is 156 Å².